The summed E-state index contributed by atoms with van der Waals surface area (Å²) in [6.07, 6.45) is 6.95. The van der Waals surface area contributed by atoms with Crippen LogP contribution in [0.1, 0.15) is 32.1 Å². The summed E-state index contributed by atoms with van der Waals surface area (Å²) in [7, 11) is 1.68. The Hall–Kier alpha value is -1.36. The molecule has 2 atom stereocenters. The predicted molar refractivity (Wildman–Crippen MR) is 69.7 cm³/mol. The van der Waals surface area contributed by atoms with Gasteiger partial charge in [-0.2, -0.15) is 0 Å². The van der Waals surface area contributed by atoms with E-state index in [4.69, 9.17) is 9.84 Å². The standard InChI is InChI=1S/C14H21NO4/c1-15(12-9-19-8-11(12)14(17)18)13(16)7-10-5-3-2-4-6-10/h5,11-12H,2-4,6-9H2,1H3,(H,17,18). The number of carbonyl (C=O) groups excluding carboxylic acids is 1. The van der Waals surface area contributed by atoms with Crippen molar-refractivity contribution in [2.24, 2.45) is 5.92 Å². The normalized spacial score (nSPS) is 26.9. The lowest BCUT2D eigenvalue weighted by Gasteiger charge is -2.27. The third kappa shape index (κ3) is 3.35. The Morgan fingerprint density at radius 3 is 2.84 bits per heavy atom. The van der Waals surface area contributed by atoms with Crippen molar-refractivity contribution < 1.29 is 19.4 Å². The Morgan fingerprint density at radius 1 is 1.42 bits per heavy atom. The monoisotopic (exact) mass is 267 g/mol. The highest BCUT2D eigenvalue weighted by Crippen LogP contribution is 2.23. The summed E-state index contributed by atoms with van der Waals surface area (Å²) >= 11 is 0. The molecule has 0 bridgehead atoms. The van der Waals surface area contributed by atoms with Crippen LogP contribution in [0.25, 0.3) is 0 Å². The Morgan fingerprint density at radius 2 is 2.21 bits per heavy atom. The van der Waals surface area contributed by atoms with Gasteiger partial charge in [0.15, 0.2) is 0 Å². The van der Waals surface area contributed by atoms with E-state index < -0.39 is 11.9 Å². The zero-order valence-corrected chi connectivity index (χ0v) is 11.3. The number of allylic oxidation sites excluding steroid dienone is 1. The van der Waals surface area contributed by atoms with Gasteiger partial charge in [-0.25, -0.2) is 0 Å². The number of rotatable bonds is 4. The number of amides is 1. The quantitative estimate of drug-likeness (QED) is 0.783. The molecule has 2 unspecified atom stereocenters. The van der Waals surface area contributed by atoms with E-state index in [-0.39, 0.29) is 18.6 Å². The highest BCUT2D eigenvalue weighted by atomic mass is 16.5. The van der Waals surface area contributed by atoms with Crippen molar-refractivity contribution in [3.63, 3.8) is 0 Å². The topological polar surface area (TPSA) is 66.8 Å². The van der Waals surface area contributed by atoms with Crippen LogP contribution in [0.3, 0.4) is 0 Å². The molecule has 1 aliphatic heterocycles. The van der Waals surface area contributed by atoms with Gasteiger partial charge in [0.2, 0.25) is 5.91 Å². The molecule has 5 nitrogen and oxygen atoms in total. The molecule has 1 fully saturated rings. The SMILES string of the molecule is CN(C(=O)CC1=CCCCC1)C1COCC1C(=O)O. The number of hydrogen-bond donors (Lipinski definition) is 1. The first-order valence-corrected chi connectivity index (χ1v) is 6.83. The van der Waals surface area contributed by atoms with Crippen molar-refractivity contribution in [3.05, 3.63) is 11.6 Å². The molecule has 1 saturated heterocycles. The molecule has 1 aliphatic carbocycles. The van der Waals surface area contributed by atoms with Crippen LogP contribution in [0.4, 0.5) is 0 Å². The fourth-order valence-electron chi connectivity index (χ4n) is 2.73. The number of carbonyl (C=O) groups is 2. The van der Waals surface area contributed by atoms with Crippen molar-refractivity contribution in [1.82, 2.24) is 4.90 Å². The second kappa shape index (κ2) is 6.19. The molecule has 0 aromatic carbocycles. The average molecular weight is 267 g/mol. The zero-order chi connectivity index (χ0) is 13.8. The minimum absolute atomic E-state index is 0.00472. The maximum Gasteiger partial charge on any atom is 0.311 e. The number of carboxylic acid groups (broad SMARTS) is 1. The lowest BCUT2D eigenvalue weighted by Crippen LogP contribution is -2.44. The summed E-state index contributed by atoms with van der Waals surface area (Å²) in [6.45, 7) is 0.512. The van der Waals surface area contributed by atoms with Crippen molar-refractivity contribution in [3.8, 4) is 0 Å². The van der Waals surface area contributed by atoms with Crippen LogP contribution in [0, 0.1) is 5.92 Å². The second-order valence-corrected chi connectivity index (χ2v) is 5.34. The molecule has 0 saturated carbocycles. The third-order valence-electron chi connectivity index (χ3n) is 4.02. The Kier molecular flexibility index (Phi) is 4.58. The van der Waals surface area contributed by atoms with E-state index in [0.29, 0.717) is 13.0 Å². The third-order valence-corrected chi connectivity index (χ3v) is 4.02. The van der Waals surface area contributed by atoms with E-state index in [2.05, 4.69) is 6.08 Å². The summed E-state index contributed by atoms with van der Waals surface area (Å²) in [5.41, 5.74) is 1.19. The van der Waals surface area contributed by atoms with Gasteiger partial charge < -0.3 is 14.7 Å². The van der Waals surface area contributed by atoms with Gasteiger partial charge in [0, 0.05) is 13.5 Å². The average Bonchev–Trinajstić information content (AvgIpc) is 2.88. The molecule has 106 valence electrons. The van der Waals surface area contributed by atoms with Gasteiger partial charge in [-0.1, -0.05) is 11.6 Å². The molecule has 0 aromatic heterocycles. The molecule has 5 heteroatoms. The maximum absolute atomic E-state index is 12.2. The Bertz CT molecular complexity index is 391. The highest BCUT2D eigenvalue weighted by Gasteiger charge is 2.38. The van der Waals surface area contributed by atoms with E-state index in [0.717, 1.165) is 19.3 Å². The van der Waals surface area contributed by atoms with Crippen LogP contribution >= 0.6 is 0 Å². The molecular weight excluding hydrogens is 246 g/mol. The minimum Gasteiger partial charge on any atom is -0.481 e. The van der Waals surface area contributed by atoms with E-state index in [9.17, 15) is 9.59 Å². The summed E-state index contributed by atoms with van der Waals surface area (Å²) in [5.74, 6) is -1.50. The van der Waals surface area contributed by atoms with E-state index in [1.165, 1.54) is 12.0 Å². The van der Waals surface area contributed by atoms with Gasteiger partial charge in [0.05, 0.1) is 19.3 Å². The first-order valence-electron chi connectivity index (χ1n) is 6.83. The van der Waals surface area contributed by atoms with Crippen molar-refractivity contribution >= 4 is 11.9 Å². The van der Waals surface area contributed by atoms with Crippen LogP contribution in [-0.2, 0) is 14.3 Å². The number of hydrogen-bond acceptors (Lipinski definition) is 3. The molecule has 2 rings (SSSR count). The molecule has 0 radical (unpaired) electrons. The maximum atomic E-state index is 12.2. The highest BCUT2D eigenvalue weighted by molar-refractivity contribution is 5.80. The number of aliphatic carboxylic acids is 1. The van der Waals surface area contributed by atoms with Crippen molar-refractivity contribution in [1.29, 1.82) is 0 Å². The molecule has 1 N–H and O–H groups in total. The van der Waals surface area contributed by atoms with Gasteiger partial charge in [0.25, 0.3) is 0 Å². The molecular formula is C14H21NO4. The van der Waals surface area contributed by atoms with Gasteiger partial charge >= 0.3 is 5.97 Å². The molecule has 0 aromatic rings. The van der Waals surface area contributed by atoms with Crippen LogP contribution < -0.4 is 0 Å². The number of likely N-dealkylation sites (N-methyl/N-ethyl adjacent to an activating group) is 1. The summed E-state index contributed by atoms with van der Waals surface area (Å²) < 4.78 is 5.20. The second-order valence-electron chi connectivity index (χ2n) is 5.34. The summed E-state index contributed by atoms with van der Waals surface area (Å²) in [6, 6.07) is -0.339. The smallest absolute Gasteiger partial charge is 0.311 e. The van der Waals surface area contributed by atoms with Gasteiger partial charge in [0.1, 0.15) is 5.92 Å². The number of ether oxygens (including phenoxy) is 1. The van der Waals surface area contributed by atoms with Crippen LogP contribution in [0.5, 0.6) is 0 Å². The first kappa shape index (κ1) is 14.1. The van der Waals surface area contributed by atoms with Crippen LogP contribution in [0.15, 0.2) is 11.6 Å². The molecule has 2 aliphatic rings. The van der Waals surface area contributed by atoms with Gasteiger partial charge in [-0.15, -0.1) is 0 Å². The van der Waals surface area contributed by atoms with E-state index in [1.54, 1.807) is 11.9 Å². The van der Waals surface area contributed by atoms with E-state index >= 15 is 0 Å². The largest absolute Gasteiger partial charge is 0.481 e. The van der Waals surface area contributed by atoms with Gasteiger partial charge in [-0.05, 0) is 25.7 Å². The summed E-state index contributed by atoms with van der Waals surface area (Å²) in [4.78, 5) is 24.9. The molecule has 1 heterocycles. The van der Waals surface area contributed by atoms with E-state index in [1.807, 2.05) is 0 Å². The Balaban J connectivity index is 1.94. The lowest BCUT2D eigenvalue weighted by atomic mass is 9.96. The van der Waals surface area contributed by atoms with Crippen LogP contribution in [-0.4, -0.2) is 48.2 Å². The molecule has 0 spiro atoms. The van der Waals surface area contributed by atoms with Crippen LogP contribution in [0.2, 0.25) is 0 Å². The van der Waals surface area contributed by atoms with Crippen molar-refractivity contribution in [2.75, 3.05) is 20.3 Å². The fraction of sp³-hybridized carbons (Fsp3) is 0.714. The lowest BCUT2D eigenvalue weighted by molar-refractivity contribution is -0.144. The minimum atomic E-state index is -0.890. The molecule has 19 heavy (non-hydrogen) atoms. The predicted octanol–water partition coefficient (Wildman–Crippen LogP) is 1.43. The summed E-state index contributed by atoms with van der Waals surface area (Å²) in [5, 5.41) is 9.11. The van der Waals surface area contributed by atoms with Gasteiger partial charge in [-0.3, -0.25) is 9.59 Å². The fourth-order valence-corrected chi connectivity index (χ4v) is 2.73. The Labute approximate surface area is 113 Å². The number of carboxylic acids is 1. The first-order chi connectivity index (χ1) is 9.09. The zero-order valence-electron chi connectivity index (χ0n) is 11.3. The van der Waals surface area contributed by atoms with Crippen molar-refractivity contribution in [2.45, 2.75) is 38.1 Å². The number of nitrogens with zero attached hydrogens (tertiary/aromatic N) is 1. The molecule has 1 amide bonds.